The first-order chi connectivity index (χ1) is 7.02. The molecule has 0 unspecified atom stereocenters. The summed E-state index contributed by atoms with van der Waals surface area (Å²) in [7, 11) is 0. The summed E-state index contributed by atoms with van der Waals surface area (Å²) in [4.78, 5) is 22.0. The SMILES string of the molecule is CCC(=O)c1cc(C)cc(CC(=O)O)c1. The minimum Gasteiger partial charge on any atom is -0.481 e. The molecule has 0 heterocycles. The van der Waals surface area contributed by atoms with Crippen molar-refractivity contribution in [1.29, 1.82) is 0 Å². The number of aliphatic carboxylic acids is 1. The Labute approximate surface area is 88.7 Å². The highest BCUT2D eigenvalue weighted by molar-refractivity contribution is 5.96. The molecule has 0 aliphatic heterocycles. The van der Waals surface area contributed by atoms with Gasteiger partial charge in [0.25, 0.3) is 0 Å². The minimum absolute atomic E-state index is 0.0360. The zero-order valence-electron chi connectivity index (χ0n) is 8.91. The lowest BCUT2D eigenvalue weighted by molar-refractivity contribution is -0.136. The first kappa shape index (κ1) is 11.4. The van der Waals surface area contributed by atoms with E-state index in [1.54, 1.807) is 25.1 Å². The molecule has 0 saturated heterocycles. The summed E-state index contributed by atoms with van der Waals surface area (Å²) < 4.78 is 0. The van der Waals surface area contributed by atoms with Gasteiger partial charge in [0.15, 0.2) is 5.78 Å². The number of hydrogen-bond donors (Lipinski definition) is 1. The number of aryl methyl sites for hydroxylation is 1. The number of carbonyl (C=O) groups is 2. The average Bonchev–Trinajstić information content (AvgIpc) is 2.14. The van der Waals surface area contributed by atoms with Crippen LogP contribution >= 0.6 is 0 Å². The number of ketones is 1. The number of carboxylic acids is 1. The van der Waals surface area contributed by atoms with Gasteiger partial charge in [-0.15, -0.1) is 0 Å². The Morgan fingerprint density at radius 3 is 2.47 bits per heavy atom. The van der Waals surface area contributed by atoms with Gasteiger partial charge in [-0.05, 0) is 24.6 Å². The van der Waals surface area contributed by atoms with E-state index in [2.05, 4.69) is 0 Å². The molecular formula is C12H14O3. The maximum Gasteiger partial charge on any atom is 0.307 e. The van der Waals surface area contributed by atoms with Gasteiger partial charge in [0.1, 0.15) is 0 Å². The summed E-state index contributed by atoms with van der Waals surface area (Å²) >= 11 is 0. The standard InChI is InChI=1S/C12H14O3/c1-3-11(13)10-5-8(2)4-9(6-10)7-12(14)15/h4-6H,3,7H2,1-2H3,(H,14,15). The van der Waals surface area contributed by atoms with Crippen molar-refractivity contribution in [3.05, 3.63) is 34.9 Å². The molecule has 0 bridgehead atoms. The highest BCUT2D eigenvalue weighted by atomic mass is 16.4. The Bertz CT molecular complexity index is 394. The van der Waals surface area contributed by atoms with Crippen molar-refractivity contribution in [2.24, 2.45) is 0 Å². The molecule has 15 heavy (non-hydrogen) atoms. The number of Topliss-reactive ketones (excluding diaryl/α,β-unsaturated/α-hetero) is 1. The summed E-state index contributed by atoms with van der Waals surface area (Å²) in [6.07, 6.45) is 0.404. The predicted molar refractivity (Wildman–Crippen MR) is 57.1 cm³/mol. The van der Waals surface area contributed by atoms with Gasteiger partial charge >= 0.3 is 5.97 Å². The Balaban J connectivity index is 3.04. The number of benzene rings is 1. The zero-order chi connectivity index (χ0) is 11.4. The second-order valence-electron chi connectivity index (χ2n) is 3.55. The Morgan fingerprint density at radius 1 is 1.27 bits per heavy atom. The van der Waals surface area contributed by atoms with Crippen LogP contribution in [-0.2, 0) is 11.2 Å². The van der Waals surface area contributed by atoms with Gasteiger partial charge in [-0.25, -0.2) is 0 Å². The van der Waals surface area contributed by atoms with Crippen LogP contribution in [0.2, 0.25) is 0 Å². The smallest absolute Gasteiger partial charge is 0.307 e. The van der Waals surface area contributed by atoms with Gasteiger partial charge in [0, 0.05) is 12.0 Å². The Kier molecular flexibility index (Phi) is 3.61. The third-order valence-corrected chi connectivity index (χ3v) is 2.14. The fourth-order valence-corrected chi connectivity index (χ4v) is 1.50. The van der Waals surface area contributed by atoms with Crippen LogP contribution in [0.5, 0.6) is 0 Å². The monoisotopic (exact) mass is 206 g/mol. The third-order valence-electron chi connectivity index (χ3n) is 2.14. The van der Waals surface area contributed by atoms with Crippen LogP contribution in [0, 0.1) is 6.92 Å². The topological polar surface area (TPSA) is 54.4 Å². The third kappa shape index (κ3) is 3.20. The molecule has 3 nitrogen and oxygen atoms in total. The lowest BCUT2D eigenvalue weighted by Crippen LogP contribution is -2.03. The van der Waals surface area contributed by atoms with Crippen LogP contribution in [0.15, 0.2) is 18.2 Å². The highest BCUT2D eigenvalue weighted by Gasteiger charge is 2.07. The molecule has 0 radical (unpaired) electrons. The van der Waals surface area contributed by atoms with Gasteiger partial charge in [0.05, 0.1) is 6.42 Å². The summed E-state index contributed by atoms with van der Waals surface area (Å²) in [5, 5.41) is 8.66. The lowest BCUT2D eigenvalue weighted by Gasteiger charge is -2.04. The van der Waals surface area contributed by atoms with Crippen molar-refractivity contribution in [3.8, 4) is 0 Å². The normalized spacial score (nSPS) is 10.0. The molecule has 1 aromatic rings. The second-order valence-corrected chi connectivity index (χ2v) is 3.55. The van der Waals surface area contributed by atoms with Crippen LogP contribution in [0.3, 0.4) is 0 Å². The molecule has 0 aromatic heterocycles. The Hall–Kier alpha value is -1.64. The summed E-state index contributed by atoms with van der Waals surface area (Å²) in [6, 6.07) is 5.24. The van der Waals surface area contributed by atoms with E-state index in [0.717, 1.165) is 5.56 Å². The number of carbonyl (C=O) groups excluding carboxylic acids is 1. The van der Waals surface area contributed by atoms with E-state index in [9.17, 15) is 9.59 Å². The van der Waals surface area contributed by atoms with E-state index in [4.69, 9.17) is 5.11 Å². The number of carboxylic acid groups (broad SMARTS) is 1. The fraction of sp³-hybridized carbons (Fsp3) is 0.333. The van der Waals surface area contributed by atoms with E-state index in [-0.39, 0.29) is 12.2 Å². The molecule has 0 atom stereocenters. The molecule has 1 aromatic carbocycles. The maximum absolute atomic E-state index is 11.5. The van der Waals surface area contributed by atoms with Gasteiger partial charge in [0.2, 0.25) is 0 Å². The van der Waals surface area contributed by atoms with Crippen LogP contribution < -0.4 is 0 Å². The predicted octanol–water partition coefficient (Wildman–Crippen LogP) is 2.21. The highest BCUT2D eigenvalue weighted by Crippen LogP contribution is 2.12. The molecule has 0 aliphatic carbocycles. The second kappa shape index (κ2) is 4.73. The first-order valence-electron chi connectivity index (χ1n) is 4.88. The molecule has 1 rings (SSSR count). The molecule has 0 spiro atoms. The van der Waals surface area contributed by atoms with E-state index in [1.807, 2.05) is 6.92 Å². The largest absolute Gasteiger partial charge is 0.481 e. The minimum atomic E-state index is -0.879. The Morgan fingerprint density at radius 2 is 1.93 bits per heavy atom. The fourth-order valence-electron chi connectivity index (χ4n) is 1.50. The van der Waals surface area contributed by atoms with Crippen molar-refractivity contribution < 1.29 is 14.7 Å². The van der Waals surface area contributed by atoms with Gasteiger partial charge < -0.3 is 5.11 Å². The van der Waals surface area contributed by atoms with E-state index in [1.165, 1.54) is 0 Å². The molecule has 3 heteroatoms. The maximum atomic E-state index is 11.5. The van der Waals surface area contributed by atoms with Gasteiger partial charge in [-0.2, -0.15) is 0 Å². The van der Waals surface area contributed by atoms with Crippen LogP contribution in [0.1, 0.15) is 34.8 Å². The molecule has 0 amide bonds. The molecule has 80 valence electrons. The lowest BCUT2D eigenvalue weighted by atomic mass is 10.0. The summed E-state index contributed by atoms with van der Waals surface area (Å²) in [5.41, 5.74) is 2.21. The van der Waals surface area contributed by atoms with Crippen LogP contribution in [0.4, 0.5) is 0 Å². The summed E-state index contributed by atoms with van der Waals surface area (Å²) in [5.74, 6) is -0.833. The first-order valence-corrected chi connectivity index (χ1v) is 4.88. The van der Waals surface area contributed by atoms with E-state index >= 15 is 0 Å². The number of rotatable bonds is 4. The summed E-state index contributed by atoms with van der Waals surface area (Å²) in [6.45, 7) is 3.65. The molecular weight excluding hydrogens is 192 g/mol. The molecule has 0 fully saturated rings. The van der Waals surface area contributed by atoms with E-state index in [0.29, 0.717) is 17.5 Å². The molecule has 0 aliphatic rings. The van der Waals surface area contributed by atoms with Crippen molar-refractivity contribution >= 4 is 11.8 Å². The zero-order valence-corrected chi connectivity index (χ0v) is 8.91. The van der Waals surface area contributed by atoms with Crippen molar-refractivity contribution in [2.45, 2.75) is 26.7 Å². The van der Waals surface area contributed by atoms with Crippen molar-refractivity contribution in [2.75, 3.05) is 0 Å². The molecule has 1 N–H and O–H groups in total. The van der Waals surface area contributed by atoms with E-state index < -0.39 is 5.97 Å². The van der Waals surface area contributed by atoms with Gasteiger partial charge in [-0.1, -0.05) is 18.6 Å². The van der Waals surface area contributed by atoms with Gasteiger partial charge in [-0.3, -0.25) is 9.59 Å². The molecule has 0 saturated carbocycles. The number of hydrogen-bond acceptors (Lipinski definition) is 2. The van der Waals surface area contributed by atoms with Crippen molar-refractivity contribution in [1.82, 2.24) is 0 Å². The van der Waals surface area contributed by atoms with Crippen LogP contribution in [0.25, 0.3) is 0 Å². The van der Waals surface area contributed by atoms with Crippen molar-refractivity contribution in [3.63, 3.8) is 0 Å². The quantitative estimate of drug-likeness (QED) is 0.768. The van der Waals surface area contributed by atoms with Crippen LogP contribution in [-0.4, -0.2) is 16.9 Å². The average molecular weight is 206 g/mol.